The van der Waals surface area contributed by atoms with Crippen LogP contribution in [0.1, 0.15) is 33.3 Å². The Hall–Kier alpha value is -3.31. The summed E-state index contributed by atoms with van der Waals surface area (Å²) in [5.41, 5.74) is 5.14. The highest BCUT2D eigenvalue weighted by Crippen LogP contribution is 2.35. The Kier molecular flexibility index (Phi) is 7.68. The maximum atomic E-state index is 13.3. The van der Waals surface area contributed by atoms with E-state index in [-0.39, 0.29) is 43.9 Å². The maximum absolute atomic E-state index is 13.3. The lowest BCUT2D eigenvalue weighted by Gasteiger charge is -2.30. The average Bonchev–Trinajstić information content (AvgIpc) is 3.25. The quantitative estimate of drug-likeness (QED) is 0.462. The van der Waals surface area contributed by atoms with Crippen LogP contribution in [0.2, 0.25) is 0 Å². The molecule has 0 radical (unpaired) electrons. The Morgan fingerprint density at radius 1 is 1.29 bits per heavy atom. The van der Waals surface area contributed by atoms with E-state index in [9.17, 15) is 14.4 Å². The summed E-state index contributed by atoms with van der Waals surface area (Å²) in [7, 11) is 1.50. The number of nitrogens with two attached hydrogens (primary N) is 1. The number of hydrogen-bond donors (Lipinski definition) is 3. The molecule has 0 fully saturated rings. The number of nitrogens with zero attached hydrogens (tertiary/aromatic N) is 2. The van der Waals surface area contributed by atoms with E-state index in [1.165, 1.54) is 16.6 Å². The van der Waals surface area contributed by atoms with E-state index in [2.05, 4.69) is 10.3 Å². The zero-order chi connectivity index (χ0) is 25.0. The number of aromatic amines is 1. The molecule has 1 aliphatic heterocycles. The number of carbonyl (C=O) groups excluding carboxylic acids is 1. The number of hydrogen-bond acceptors (Lipinski definition) is 8. The number of H-pyrrole nitrogens is 1. The molecule has 0 saturated carbocycles. The number of ether oxygens (including phenoxy) is 3. The number of carbonyl (C=O) groups is 1. The minimum Gasteiger partial charge on any atom is -0.454 e. The molecule has 2 heterocycles. The van der Waals surface area contributed by atoms with Crippen molar-refractivity contribution >= 4 is 17.4 Å². The third-order valence-corrected chi connectivity index (χ3v) is 5.63. The summed E-state index contributed by atoms with van der Waals surface area (Å²) in [5, 5.41) is 3.24. The minimum absolute atomic E-state index is 0.0538. The van der Waals surface area contributed by atoms with Crippen molar-refractivity contribution in [3.63, 3.8) is 0 Å². The molecule has 0 saturated heterocycles. The number of methoxy groups -OCH3 is 1. The summed E-state index contributed by atoms with van der Waals surface area (Å²) in [4.78, 5) is 41.9. The van der Waals surface area contributed by atoms with Gasteiger partial charge in [0.15, 0.2) is 17.2 Å². The molecular formula is C23H33N5O6. The Labute approximate surface area is 197 Å². The monoisotopic (exact) mass is 475 g/mol. The molecule has 3 rings (SSSR count). The lowest BCUT2D eigenvalue weighted by Crippen LogP contribution is -2.48. The Bertz CT molecular complexity index is 1150. The fraction of sp³-hybridized carbons (Fsp3) is 0.522. The summed E-state index contributed by atoms with van der Waals surface area (Å²) < 4.78 is 17.2. The van der Waals surface area contributed by atoms with Crippen LogP contribution in [-0.2, 0) is 21.6 Å². The Balaban J connectivity index is 1.86. The smallest absolute Gasteiger partial charge is 0.330 e. The molecule has 0 aliphatic carbocycles. The average molecular weight is 476 g/mol. The van der Waals surface area contributed by atoms with Crippen LogP contribution in [0.25, 0.3) is 0 Å². The molecule has 0 atom stereocenters. The summed E-state index contributed by atoms with van der Waals surface area (Å²) in [6, 6.07) is 5.59. The van der Waals surface area contributed by atoms with Crippen LogP contribution in [0.3, 0.4) is 0 Å². The highest BCUT2D eigenvalue weighted by Gasteiger charge is 2.28. The van der Waals surface area contributed by atoms with Gasteiger partial charge < -0.3 is 24.8 Å². The first-order chi connectivity index (χ1) is 16.0. The zero-order valence-electron chi connectivity index (χ0n) is 20.3. The molecule has 0 spiro atoms. The van der Waals surface area contributed by atoms with Gasteiger partial charge in [-0.15, -0.1) is 0 Å². The van der Waals surface area contributed by atoms with Crippen LogP contribution in [0.15, 0.2) is 27.8 Å². The van der Waals surface area contributed by atoms with E-state index >= 15 is 0 Å². The third-order valence-electron chi connectivity index (χ3n) is 5.63. The van der Waals surface area contributed by atoms with Gasteiger partial charge in [0, 0.05) is 25.7 Å². The molecule has 0 bridgehead atoms. The minimum atomic E-state index is -0.720. The standard InChI is InChI=1S/C23H33N5O6/c1-14(2)12-28-20(24)19(21(30)26-22(28)31)27(8-9-32-5)18(29)11-25-23(3,4)15-6-7-16-17(10-15)34-13-33-16/h6-7,10,14,25H,8-9,11-13,24H2,1-5H3,(H,26,30,31). The van der Waals surface area contributed by atoms with Gasteiger partial charge in [0.2, 0.25) is 12.7 Å². The normalized spacial score (nSPS) is 12.9. The van der Waals surface area contributed by atoms with Crippen molar-refractivity contribution in [2.24, 2.45) is 5.92 Å². The SMILES string of the molecule is COCCN(C(=O)CNC(C)(C)c1ccc2c(c1)OCO2)c1c(N)n(CC(C)C)c(=O)[nH]c1=O. The van der Waals surface area contributed by atoms with Gasteiger partial charge >= 0.3 is 5.69 Å². The van der Waals surface area contributed by atoms with E-state index in [1.807, 2.05) is 45.9 Å². The van der Waals surface area contributed by atoms with Crippen molar-refractivity contribution in [2.75, 3.05) is 44.2 Å². The number of anilines is 2. The highest BCUT2D eigenvalue weighted by molar-refractivity contribution is 5.96. The van der Waals surface area contributed by atoms with Gasteiger partial charge in [0.25, 0.3) is 5.56 Å². The summed E-state index contributed by atoms with van der Waals surface area (Å²) in [6.07, 6.45) is 0. The Morgan fingerprint density at radius 2 is 2.00 bits per heavy atom. The largest absolute Gasteiger partial charge is 0.454 e. The van der Waals surface area contributed by atoms with Crippen LogP contribution in [0.4, 0.5) is 11.5 Å². The Morgan fingerprint density at radius 3 is 2.68 bits per heavy atom. The van der Waals surface area contributed by atoms with Crippen molar-refractivity contribution in [3.05, 3.63) is 44.6 Å². The molecular weight excluding hydrogens is 442 g/mol. The van der Waals surface area contributed by atoms with E-state index < -0.39 is 22.7 Å². The van der Waals surface area contributed by atoms with E-state index in [1.54, 1.807) is 0 Å². The number of nitrogen functional groups attached to an aromatic ring is 1. The zero-order valence-corrected chi connectivity index (χ0v) is 20.3. The van der Waals surface area contributed by atoms with Crippen LogP contribution < -0.4 is 36.7 Å². The summed E-state index contributed by atoms with van der Waals surface area (Å²) in [5.74, 6) is 0.977. The number of aromatic nitrogens is 2. The summed E-state index contributed by atoms with van der Waals surface area (Å²) >= 11 is 0. The van der Waals surface area contributed by atoms with Crippen molar-refractivity contribution in [1.82, 2.24) is 14.9 Å². The number of fused-ring (bicyclic) bond motifs is 1. The number of rotatable bonds is 10. The lowest BCUT2D eigenvalue weighted by molar-refractivity contribution is -0.118. The van der Waals surface area contributed by atoms with Crippen molar-refractivity contribution in [3.8, 4) is 11.5 Å². The molecule has 11 heteroatoms. The molecule has 34 heavy (non-hydrogen) atoms. The van der Waals surface area contributed by atoms with Crippen molar-refractivity contribution < 1.29 is 19.0 Å². The van der Waals surface area contributed by atoms with Crippen LogP contribution in [-0.4, -0.2) is 49.1 Å². The molecule has 1 aromatic carbocycles. The first-order valence-corrected chi connectivity index (χ1v) is 11.1. The first kappa shape index (κ1) is 25.3. The fourth-order valence-electron chi connectivity index (χ4n) is 3.71. The third kappa shape index (κ3) is 5.42. The number of nitrogens with one attached hydrogen (secondary N) is 2. The molecule has 11 nitrogen and oxygen atoms in total. The van der Waals surface area contributed by atoms with Gasteiger partial charge in [-0.3, -0.25) is 24.5 Å². The lowest BCUT2D eigenvalue weighted by atomic mass is 9.94. The number of amides is 1. The second-order valence-electron chi connectivity index (χ2n) is 9.08. The van der Waals surface area contributed by atoms with E-state index in [0.717, 1.165) is 5.56 Å². The van der Waals surface area contributed by atoms with Gasteiger partial charge in [0.05, 0.1) is 13.2 Å². The maximum Gasteiger partial charge on any atom is 0.330 e. The second-order valence-corrected chi connectivity index (χ2v) is 9.08. The van der Waals surface area contributed by atoms with Gasteiger partial charge in [-0.2, -0.15) is 0 Å². The highest BCUT2D eigenvalue weighted by atomic mass is 16.7. The molecule has 1 aromatic heterocycles. The van der Waals surface area contributed by atoms with Gasteiger partial charge in [-0.1, -0.05) is 19.9 Å². The van der Waals surface area contributed by atoms with E-state index in [0.29, 0.717) is 18.0 Å². The second kappa shape index (κ2) is 10.3. The topological polar surface area (TPSA) is 141 Å². The fourth-order valence-corrected chi connectivity index (χ4v) is 3.71. The molecule has 186 valence electrons. The van der Waals surface area contributed by atoms with Crippen molar-refractivity contribution in [1.29, 1.82) is 0 Å². The first-order valence-electron chi connectivity index (χ1n) is 11.1. The molecule has 2 aromatic rings. The van der Waals surface area contributed by atoms with E-state index in [4.69, 9.17) is 19.9 Å². The predicted octanol–water partition coefficient (Wildman–Crippen LogP) is 1.01. The van der Waals surface area contributed by atoms with Crippen LogP contribution in [0.5, 0.6) is 11.5 Å². The molecule has 1 amide bonds. The van der Waals surface area contributed by atoms with Gasteiger partial charge in [-0.05, 0) is 37.5 Å². The van der Waals surface area contributed by atoms with Gasteiger partial charge in [-0.25, -0.2) is 4.79 Å². The molecule has 4 N–H and O–H groups in total. The molecule has 0 unspecified atom stereocenters. The van der Waals surface area contributed by atoms with Crippen LogP contribution in [0, 0.1) is 5.92 Å². The van der Waals surface area contributed by atoms with Crippen molar-refractivity contribution in [2.45, 2.75) is 39.8 Å². The molecule has 1 aliphatic rings. The van der Waals surface area contributed by atoms with Gasteiger partial charge in [0.1, 0.15) is 5.82 Å². The predicted molar refractivity (Wildman–Crippen MR) is 128 cm³/mol. The summed E-state index contributed by atoms with van der Waals surface area (Å²) in [6.45, 7) is 8.37. The number of benzene rings is 1. The van der Waals surface area contributed by atoms with Crippen LogP contribution >= 0.6 is 0 Å².